The highest BCUT2D eigenvalue weighted by Crippen LogP contribution is 2.28. The van der Waals surface area contributed by atoms with Gasteiger partial charge in [0, 0.05) is 11.0 Å². The lowest BCUT2D eigenvalue weighted by molar-refractivity contribution is 1.10. The molecule has 0 amide bonds. The Labute approximate surface area is 124 Å². The molecule has 2 aromatic rings. The minimum atomic E-state index is 0.854. The first-order valence-corrected chi connectivity index (χ1v) is 7.48. The third kappa shape index (κ3) is 3.60. The molecular formula is C17H20BrN. The Hall–Kier alpha value is -1.28. The lowest BCUT2D eigenvalue weighted by Crippen LogP contribution is -2.02. The number of anilines is 1. The summed E-state index contributed by atoms with van der Waals surface area (Å²) >= 11 is 3.63. The fraction of sp³-hybridized carbons (Fsp3) is 0.294. The average molecular weight is 318 g/mol. The molecule has 0 spiro atoms. The number of hydrogen-bond acceptors (Lipinski definition) is 1. The Morgan fingerprint density at radius 2 is 1.63 bits per heavy atom. The van der Waals surface area contributed by atoms with Gasteiger partial charge in [-0.05, 0) is 64.5 Å². The smallest absolute Gasteiger partial charge is 0.0517 e. The van der Waals surface area contributed by atoms with Gasteiger partial charge in [0.05, 0.1) is 5.69 Å². The van der Waals surface area contributed by atoms with Gasteiger partial charge >= 0.3 is 0 Å². The van der Waals surface area contributed by atoms with Crippen LogP contribution in [-0.4, -0.2) is 0 Å². The summed E-state index contributed by atoms with van der Waals surface area (Å²) in [5.74, 6) is 0. The van der Waals surface area contributed by atoms with Crippen LogP contribution in [0.1, 0.15) is 29.2 Å². The second-order valence-corrected chi connectivity index (χ2v) is 5.82. The second kappa shape index (κ2) is 6.25. The standard InChI is InChI=1S/C17H20BrN/c1-4-14-5-7-15(8-6-14)11-19-17-13(3)9-12(2)10-16(17)18/h5-10,19H,4,11H2,1-3H3. The normalized spacial score (nSPS) is 10.5. The van der Waals surface area contributed by atoms with Gasteiger partial charge in [0.15, 0.2) is 0 Å². The molecule has 0 atom stereocenters. The van der Waals surface area contributed by atoms with Gasteiger partial charge in [-0.1, -0.05) is 37.3 Å². The monoisotopic (exact) mass is 317 g/mol. The van der Waals surface area contributed by atoms with E-state index in [1.54, 1.807) is 0 Å². The van der Waals surface area contributed by atoms with Crippen LogP contribution in [0.25, 0.3) is 0 Å². The number of benzene rings is 2. The highest BCUT2D eigenvalue weighted by molar-refractivity contribution is 9.10. The molecule has 0 aromatic heterocycles. The van der Waals surface area contributed by atoms with Gasteiger partial charge in [0.1, 0.15) is 0 Å². The van der Waals surface area contributed by atoms with E-state index in [-0.39, 0.29) is 0 Å². The third-order valence-corrected chi connectivity index (χ3v) is 3.96. The molecule has 2 heteroatoms. The first-order valence-electron chi connectivity index (χ1n) is 6.68. The van der Waals surface area contributed by atoms with E-state index in [0.29, 0.717) is 0 Å². The van der Waals surface area contributed by atoms with Gasteiger partial charge in [-0.25, -0.2) is 0 Å². The van der Waals surface area contributed by atoms with E-state index >= 15 is 0 Å². The fourth-order valence-electron chi connectivity index (χ4n) is 2.22. The van der Waals surface area contributed by atoms with Crippen LogP contribution in [0.3, 0.4) is 0 Å². The molecule has 0 heterocycles. The predicted octanol–water partition coefficient (Wildman–Crippen LogP) is 5.24. The second-order valence-electron chi connectivity index (χ2n) is 4.96. The Balaban J connectivity index is 2.10. The van der Waals surface area contributed by atoms with Crippen LogP contribution in [0.4, 0.5) is 5.69 Å². The maximum Gasteiger partial charge on any atom is 0.0517 e. The van der Waals surface area contributed by atoms with Gasteiger partial charge in [0.25, 0.3) is 0 Å². The van der Waals surface area contributed by atoms with Crippen LogP contribution < -0.4 is 5.32 Å². The van der Waals surface area contributed by atoms with E-state index < -0.39 is 0 Å². The maximum atomic E-state index is 3.63. The SMILES string of the molecule is CCc1ccc(CNc2c(C)cc(C)cc2Br)cc1. The number of aryl methyl sites for hydroxylation is 3. The minimum absolute atomic E-state index is 0.854. The third-order valence-electron chi connectivity index (χ3n) is 3.33. The summed E-state index contributed by atoms with van der Waals surface area (Å²) in [6.07, 6.45) is 1.09. The van der Waals surface area contributed by atoms with Gasteiger partial charge in [-0.2, -0.15) is 0 Å². The van der Waals surface area contributed by atoms with Crippen molar-refractivity contribution in [3.63, 3.8) is 0 Å². The first-order chi connectivity index (χ1) is 9.10. The molecular weight excluding hydrogens is 298 g/mol. The lowest BCUT2D eigenvalue weighted by atomic mass is 10.1. The molecule has 0 unspecified atom stereocenters. The minimum Gasteiger partial charge on any atom is -0.380 e. The van der Waals surface area contributed by atoms with Crippen molar-refractivity contribution in [2.45, 2.75) is 33.7 Å². The summed E-state index contributed by atoms with van der Waals surface area (Å²) in [6.45, 7) is 7.29. The van der Waals surface area contributed by atoms with Crippen molar-refractivity contribution in [2.24, 2.45) is 0 Å². The van der Waals surface area contributed by atoms with Crippen LogP contribution in [-0.2, 0) is 13.0 Å². The summed E-state index contributed by atoms with van der Waals surface area (Å²) in [7, 11) is 0. The highest BCUT2D eigenvalue weighted by Gasteiger charge is 2.04. The van der Waals surface area contributed by atoms with Crippen molar-refractivity contribution in [1.82, 2.24) is 0 Å². The van der Waals surface area contributed by atoms with Crippen molar-refractivity contribution in [3.05, 3.63) is 63.1 Å². The van der Waals surface area contributed by atoms with E-state index in [9.17, 15) is 0 Å². The van der Waals surface area contributed by atoms with Crippen molar-refractivity contribution in [1.29, 1.82) is 0 Å². The van der Waals surface area contributed by atoms with Crippen LogP contribution >= 0.6 is 15.9 Å². The summed E-state index contributed by atoms with van der Waals surface area (Å²) in [5, 5.41) is 3.52. The molecule has 0 saturated heterocycles. The zero-order chi connectivity index (χ0) is 13.8. The Morgan fingerprint density at radius 3 is 2.21 bits per heavy atom. The van der Waals surface area contributed by atoms with E-state index in [4.69, 9.17) is 0 Å². The zero-order valence-electron chi connectivity index (χ0n) is 11.8. The molecule has 100 valence electrons. The average Bonchev–Trinajstić information content (AvgIpc) is 2.38. The summed E-state index contributed by atoms with van der Waals surface area (Å²) in [4.78, 5) is 0. The highest BCUT2D eigenvalue weighted by atomic mass is 79.9. The molecule has 0 saturated carbocycles. The van der Waals surface area contributed by atoms with Crippen LogP contribution in [0.15, 0.2) is 40.9 Å². The molecule has 1 N–H and O–H groups in total. The largest absolute Gasteiger partial charge is 0.380 e. The first kappa shape index (κ1) is 14.1. The molecule has 0 aliphatic heterocycles. The molecule has 2 aromatic carbocycles. The zero-order valence-corrected chi connectivity index (χ0v) is 13.3. The lowest BCUT2D eigenvalue weighted by Gasteiger charge is -2.13. The van der Waals surface area contributed by atoms with Crippen LogP contribution in [0, 0.1) is 13.8 Å². The Morgan fingerprint density at radius 1 is 1.00 bits per heavy atom. The van der Waals surface area contributed by atoms with E-state index in [0.717, 1.165) is 17.4 Å². The van der Waals surface area contributed by atoms with Gasteiger partial charge in [-0.15, -0.1) is 0 Å². The quantitative estimate of drug-likeness (QED) is 0.813. The van der Waals surface area contributed by atoms with E-state index in [1.807, 2.05) is 0 Å². The number of nitrogens with one attached hydrogen (secondary N) is 1. The maximum absolute atomic E-state index is 3.63. The van der Waals surface area contributed by atoms with Gasteiger partial charge < -0.3 is 5.32 Å². The Kier molecular flexibility index (Phi) is 4.65. The molecule has 0 aliphatic carbocycles. The molecule has 0 bridgehead atoms. The van der Waals surface area contributed by atoms with E-state index in [1.165, 1.54) is 27.9 Å². The molecule has 0 aliphatic rings. The number of hydrogen-bond donors (Lipinski definition) is 1. The van der Waals surface area contributed by atoms with Crippen molar-refractivity contribution in [3.8, 4) is 0 Å². The van der Waals surface area contributed by atoms with Crippen molar-refractivity contribution >= 4 is 21.6 Å². The van der Waals surface area contributed by atoms with Gasteiger partial charge in [0.2, 0.25) is 0 Å². The molecule has 2 rings (SSSR count). The molecule has 0 radical (unpaired) electrons. The van der Waals surface area contributed by atoms with Crippen LogP contribution in [0.2, 0.25) is 0 Å². The number of rotatable bonds is 4. The van der Waals surface area contributed by atoms with E-state index in [2.05, 4.69) is 78.4 Å². The summed E-state index contributed by atoms with van der Waals surface area (Å²) in [5.41, 5.74) is 6.44. The predicted molar refractivity (Wildman–Crippen MR) is 86.8 cm³/mol. The summed E-state index contributed by atoms with van der Waals surface area (Å²) < 4.78 is 1.13. The number of halogens is 1. The topological polar surface area (TPSA) is 12.0 Å². The van der Waals surface area contributed by atoms with Gasteiger partial charge in [-0.3, -0.25) is 0 Å². The molecule has 19 heavy (non-hydrogen) atoms. The van der Waals surface area contributed by atoms with Crippen molar-refractivity contribution < 1.29 is 0 Å². The van der Waals surface area contributed by atoms with Crippen LogP contribution in [0.5, 0.6) is 0 Å². The molecule has 1 nitrogen and oxygen atoms in total. The fourth-order valence-corrected chi connectivity index (χ4v) is 3.04. The Bertz CT molecular complexity index is 535. The van der Waals surface area contributed by atoms with Crippen molar-refractivity contribution in [2.75, 3.05) is 5.32 Å². The summed E-state index contributed by atoms with van der Waals surface area (Å²) in [6, 6.07) is 13.2. The molecule has 0 fully saturated rings.